The number of pyridine rings is 1. The normalized spacial score (nSPS) is 26.7. The van der Waals surface area contributed by atoms with Gasteiger partial charge in [0.2, 0.25) is 0 Å². The van der Waals surface area contributed by atoms with Gasteiger partial charge in [-0.05, 0) is 43.4 Å². The van der Waals surface area contributed by atoms with Gasteiger partial charge in [0.15, 0.2) is 0 Å². The number of hydrogen-bond acceptors (Lipinski definition) is 2. The summed E-state index contributed by atoms with van der Waals surface area (Å²) < 4.78 is 0. The second-order valence-electron chi connectivity index (χ2n) is 4.48. The zero-order valence-corrected chi connectivity index (χ0v) is 8.37. The zero-order chi connectivity index (χ0) is 9.38. The molecule has 2 nitrogen and oxygen atoms in total. The van der Waals surface area contributed by atoms with Crippen molar-refractivity contribution in [3.63, 3.8) is 0 Å². The smallest absolute Gasteiger partial charge is 0.0434 e. The average Bonchev–Trinajstić information content (AvgIpc) is 2.94. The summed E-state index contributed by atoms with van der Waals surface area (Å²) in [6, 6.07) is 4.50. The minimum absolute atomic E-state index is 0.704. The summed E-state index contributed by atoms with van der Waals surface area (Å²) in [4.78, 5) is 4.56. The van der Waals surface area contributed by atoms with Crippen molar-refractivity contribution in [2.45, 2.75) is 31.1 Å². The van der Waals surface area contributed by atoms with E-state index in [2.05, 4.69) is 28.6 Å². The third-order valence-electron chi connectivity index (χ3n) is 3.34. The fourth-order valence-corrected chi connectivity index (χ4v) is 2.22. The standard InChI is InChI=1S/C12H16N2/c1-2-9(1)12-4-3-10(8-14-12)11-5-6-13-7-11/h3-4,8-9,11,13H,1-2,5-7H2. The van der Waals surface area contributed by atoms with Crippen molar-refractivity contribution < 1.29 is 0 Å². The van der Waals surface area contributed by atoms with Crippen LogP contribution in [-0.4, -0.2) is 18.1 Å². The van der Waals surface area contributed by atoms with Gasteiger partial charge in [-0.2, -0.15) is 0 Å². The first kappa shape index (κ1) is 8.42. The van der Waals surface area contributed by atoms with Crippen molar-refractivity contribution in [3.8, 4) is 0 Å². The molecule has 1 aliphatic heterocycles. The van der Waals surface area contributed by atoms with Gasteiger partial charge in [0.1, 0.15) is 0 Å². The Morgan fingerprint density at radius 1 is 1.14 bits per heavy atom. The summed E-state index contributed by atoms with van der Waals surface area (Å²) >= 11 is 0. The maximum Gasteiger partial charge on any atom is 0.0434 e. The number of hydrogen-bond donors (Lipinski definition) is 1. The molecule has 2 heteroatoms. The minimum atomic E-state index is 0.704. The Labute approximate surface area is 84.7 Å². The molecule has 14 heavy (non-hydrogen) atoms. The van der Waals surface area contributed by atoms with E-state index in [-0.39, 0.29) is 0 Å². The van der Waals surface area contributed by atoms with E-state index in [1.54, 1.807) is 0 Å². The fourth-order valence-electron chi connectivity index (χ4n) is 2.22. The monoisotopic (exact) mass is 188 g/mol. The predicted molar refractivity (Wildman–Crippen MR) is 56.4 cm³/mol. The Hall–Kier alpha value is -0.890. The molecule has 0 amide bonds. The van der Waals surface area contributed by atoms with Gasteiger partial charge in [-0.25, -0.2) is 0 Å². The van der Waals surface area contributed by atoms with Crippen molar-refractivity contribution in [1.82, 2.24) is 10.3 Å². The van der Waals surface area contributed by atoms with Gasteiger partial charge in [0, 0.05) is 24.4 Å². The van der Waals surface area contributed by atoms with Crippen molar-refractivity contribution in [2.75, 3.05) is 13.1 Å². The molecule has 0 spiro atoms. The molecule has 1 aromatic heterocycles. The lowest BCUT2D eigenvalue weighted by atomic mass is 10.00. The van der Waals surface area contributed by atoms with E-state index in [1.165, 1.54) is 30.5 Å². The van der Waals surface area contributed by atoms with Crippen LogP contribution in [0.5, 0.6) is 0 Å². The lowest BCUT2D eigenvalue weighted by Gasteiger charge is -2.08. The predicted octanol–water partition coefficient (Wildman–Crippen LogP) is 2.04. The van der Waals surface area contributed by atoms with Gasteiger partial charge in [-0.1, -0.05) is 6.07 Å². The van der Waals surface area contributed by atoms with E-state index in [9.17, 15) is 0 Å². The van der Waals surface area contributed by atoms with Crippen LogP contribution in [0.4, 0.5) is 0 Å². The molecule has 1 saturated heterocycles. The number of aromatic nitrogens is 1. The van der Waals surface area contributed by atoms with Crippen LogP contribution in [0.1, 0.15) is 42.4 Å². The molecule has 1 atom stereocenters. The van der Waals surface area contributed by atoms with Gasteiger partial charge in [-0.15, -0.1) is 0 Å². The van der Waals surface area contributed by atoms with Gasteiger partial charge < -0.3 is 5.32 Å². The second-order valence-corrected chi connectivity index (χ2v) is 4.48. The summed E-state index contributed by atoms with van der Waals surface area (Å²) in [6.07, 6.45) is 6.05. The van der Waals surface area contributed by atoms with Gasteiger partial charge >= 0.3 is 0 Å². The van der Waals surface area contributed by atoms with Gasteiger partial charge in [0.05, 0.1) is 0 Å². The van der Waals surface area contributed by atoms with E-state index >= 15 is 0 Å². The maximum atomic E-state index is 4.56. The van der Waals surface area contributed by atoms with Crippen molar-refractivity contribution in [3.05, 3.63) is 29.6 Å². The van der Waals surface area contributed by atoms with Crippen LogP contribution in [0.15, 0.2) is 18.3 Å². The molecule has 2 fully saturated rings. The summed E-state index contributed by atoms with van der Waals surface area (Å²) in [7, 11) is 0. The van der Waals surface area contributed by atoms with Crippen molar-refractivity contribution >= 4 is 0 Å². The molecule has 1 unspecified atom stereocenters. The molecule has 2 aliphatic rings. The quantitative estimate of drug-likeness (QED) is 0.768. The Morgan fingerprint density at radius 3 is 2.64 bits per heavy atom. The van der Waals surface area contributed by atoms with Crippen LogP contribution in [0.25, 0.3) is 0 Å². The van der Waals surface area contributed by atoms with Crippen LogP contribution >= 0.6 is 0 Å². The Balaban J connectivity index is 1.78. The number of nitrogens with zero attached hydrogens (tertiary/aromatic N) is 1. The van der Waals surface area contributed by atoms with E-state index in [0.29, 0.717) is 5.92 Å². The number of nitrogens with one attached hydrogen (secondary N) is 1. The van der Waals surface area contributed by atoms with Gasteiger partial charge in [0.25, 0.3) is 0 Å². The molecular formula is C12H16N2. The fraction of sp³-hybridized carbons (Fsp3) is 0.583. The molecule has 2 heterocycles. The molecule has 0 bridgehead atoms. The average molecular weight is 188 g/mol. The topological polar surface area (TPSA) is 24.9 Å². The lowest BCUT2D eigenvalue weighted by molar-refractivity contribution is 0.756. The molecule has 1 aromatic rings. The van der Waals surface area contributed by atoms with Crippen LogP contribution < -0.4 is 5.32 Å². The summed E-state index contributed by atoms with van der Waals surface area (Å²) in [5.74, 6) is 1.49. The molecule has 74 valence electrons. The molecule has 3 rings (SSSR count). The maximum absolute atomic E-state index is 4.56. The zero-order valence-electron chi connectivity index (χ0n) is 8.37. The van der Waals surface area contributed by atoms with E-state index in [0.717, 1.165) is 19.0 Å². The van der Waals surface area contributed by atoms with Crippen LogP contribution in [0.2, 0.25) is 0 Å². The molecule has 0 aromatic carbocycles. The molecular weight excluding hydrogens is 172 g/mol. The Bertz CT molecular complexity index is 308. The summed E-state index contributed by atoms with van der Waals surface area (Å²) in [6.45, 7) is 2.29. The second kappa shape index (κ2) is 3.35. The first-order valence-electron chi connectivity index (χ1n) is 5.60. The van der Waals surface area contributed by atoms with Crippen LogP contribution in [-0.2, 0) is 0 Å². The molecule has 0 radical (unpaired) electrons. The third-order valence-corrected chi connectivity index (χ3v) is 3.34. The molecule has 1 N–H and O–H groups in total. The Morgan fingerprint density at radius 2 is 2.07 bits per heavy atom. The first-order chi connectivity index (χ1) is 6.93. The summed E-state index contributed by atoms with van der Waals surface area (Å²) in [5.41, 5.74) is 2.72. The van der Waals surface area contributed by atoms with Crippen molar-refractivity contribution in [2.24, 2.45) is 0 Å². The van der Waals surface area contributed by atoms with E-state index < -0.39 is 0 Å². The SMILES string of the molecule is c1cc(C2CC2)ncc1C1CCNC1. The van der Waals surface area contributed by atoms with Crippen molar-refractivity contribution in [1.29, 1.82) is 0 Å². The van der Waals surface area contributed by atoms with E-state index in [4.69, 9.17) is 0 Å². The van der Waals surface area contributed by atoms with Crippen LogP contribution in [0, 0.1) is 0 Å². The lowest BCUT2D eigenvalue weighted by Crippen LogP contribution is -2.08. The largest absolute Gasteiger partial charge is 0.316 e. The first-order valence-corrected chi connectivity index (χ1v) is 5.60. The highest BCUT2D eigenvalue weighted by Crippen LogP contribution is 2.39. The third kappa shape index (κ3) is 1.55. The minimum Gasteiger partial charge on any atom is -0.316 e. The highest BCUT2D eigenvalue weighted by molar-refractivity contribution is 5.23. The Kier molecular flexibility index (Phi) is 2.02. The molecule has 1 aliphatic carbocycles. The number of rotatable bonds is 2. The van der Waals surface area contributed by atoms with Crippen LogP contribution in [0.3, 0.4) is 0 Å². The van der Waals surface area contributed by atoms with E-state index in [1.807, 2.05) is 0 Å². The van der Waals surface area contributed by atoms with Gasteiger partial charge in [-0.3, -0.25) is 4.98 Å². The summed E-state index contributed by atoms with van der Waals surface area (Å²) in [5, 5.41) is 3.39. The molecule has 1 saturated carbocycles. The highest BCUT2D eigenvalue weighted by atomic mass is 14.9. The highest BCUT2D eigenvalue weighted by Gasteiger charge is 2.25.